The van der Waals surface area contributed by atoms with Crippen molar-refractivity contribution >= 4 is 11.9 Å². The molecule has 4 rings (SSSR count). The minimum absolute atomic E-state index is 0.00611. The Labute approximate surface area is 147 Å². The smallest absolute Gasteiger partial charge is 0.306 e. The van der Waals surface area contributed by atoms with E-state index in [-0.39, 0.29) is 28.9 Å². The van der Waals surface area contributed by atoms with Crippen molar-refractivity contribution in [1.29, 1.82) is 0 Å². The van der Waals surface area contributed by atoms with Gasteiger partial charge in [-0.25, -0.2) is 0 Å². The van der Waals surface area contributed by atoms with Gasteiger partial charge in [0.15, 0.2) is 0 Å². The van der Waals surface area contributed by atoms with Gasteiger partial charge in [0.05, 0.1) is 23.0 Å². The van der Waals surface area contributed by atoms with Crippen LogP contribution >= 0.6 is 0 Å². The van der Waals surface area contributed by atoms with E-state index in [0.29, 0.717) is 19.4 Å². The van der Waals surface area contributed by atoms with Gasteiger partial charge in [0.2, 0.25) is 5.91 Å². The third kappa shape index (κ3) is 2.84. The Morgan fingerprint density at radius 2 is 1.88 bits per heavy atom. The highest BCUT2D eigenvalue weighted by atomic mass is 16.5. The lowest BCUT2D eigenvalue weighted by Gasteiger charge is -2.43. The van der Waals surface area contributed by atoms with Gasteiger partial charge in [0, 0.05) is 6.54 Å². The monoisotopic (exact) mass is 343 g/mol. The number of carbonyl (C=O) groups is 2. The molecular formula is C20H25NO4. The molecule has 1 atom stereocenters. The molecule has 1 saturated heterocycles. The second-order valence-corrected chi connectivity index (χ2v) is 7.92. The molecule has 2 N–H and O–H groups in total. The molecule has 3 fully saturated rings. The fraction of sp³-hybridized carbons (Fsp3) is 0.600. The molecule has 1 spiro atoms. The maximum Gasteiger partial charge on any atom is 0.306 e. The fourth-order valence-corrected chi connectivity index (χ4v) is 4.66. The second-order valence-electron chi connectivity index (χ2n) is 7.92. The highest BCUT2D eigenvalue weighted by Gasteiger charge is 2.53. The van der Waals surface area contributed by atoms with Crippen LogP contribution in [0.4, 0.5) is 0 Å². The number of amides is 1. The molecule has 1 aromatic rings. The quantitative estimate of drug-likeness (QED) is 0.862. The lowest BCUT2D eigenvalue weighted by molar-refractivity contribution is -0.165. The molecule has 1 aliphatic heterocycles. The first-order valence-corrected chi connectivity index (χ1v) is 9.28. The predicted octanol–water partition coefficient (Wildman–Crippen LogP) is 2.64. The van der Waals surface area contributed by atoms with E-state index < -0.39 is 5.97 Å². The zero-order chi connectivity index (χ0) is 17.5. The van der Waals surface area contributed by atoms with E-state index in [9.17, 15) is 9.59 Å². The third-order valence-electron chi connectivity index (χ3n) is 6.38. The molecule has 2 saturated carbocycles. The third-order valence-corrected chi connectivity index (χ3v) is 6.38. The average molecular weight is 343 g/mol. The SMILES string of the molecule is O=C(O)C1CC2(CCC(CNC(=O)C3(c4ccccc4)CCC3)O2)C1. The van der Waals surface area contributed by atoms with Crippen LogP contribution in [-0.4, -0.2) is 35.2 Å². The number of hydrogen-bond acceptors (Lipinski definition) is 3. The first kappa shape index (κ1) is 16.6. The summed E-state index contributed by atoms with van der Waals surface area (Å²) in [5.74, 6) is -0.878. The predicted molar refractivity (Wildman–Crippen MR) is 92.2 cm³/mol. The number of carboxylic acid groups (broad SMARTS) is 1. The Morgan fingerprint density at radius 3 is 2.48 bits per heavy atom. The molecule has 0 aromatic heterocycles. The van der Waals surface area contributed by atoms with Crippen molar-refractivity contribution in [2.75, 3.05) is 6.54 Å². The number of rotatable bonds is 5. The van der Waals surface area contributed by atoms with Gasteiger partial charge in [-0.1, -0.05) is 36.8 Å². The zero-order valence-corrected chi connectivity index (χ0v) is 14.4. The molecule has 5 heteroatoms. The van der Waals surface area contributed by atoms with E-state index in [1.165, 1.54) is 0 Å². The van der Waals surface area contributed by atoms with E-state index in [1.54, 1.807) is 0 Å². The van der Waals surface area contributed by atoms with Crippen molar-refractivity contribution in [3.63, 3.8) is 0 Å². The molecule has 5 nitrogen and oxygen atoms in total. The van der Waals surface area contributed by atoms with Gasteiger partial charge in [-0.05, 0) is 44.1 Å². The lowest BCUT2D eigenvalue weighted by Crippen LogP contribution is -2.51. The summed E-state index contributed by atoms with van der Waals surface area (Å²) in [4.78, 5) is 23.8. The summed E-state index contributed by atoms with van der Waals surface area (Å²) in [6.45, 7) is 0.521. The van der Waals surface area contributed by atoms with Crippen LogP contribution in [0.2, 0.25) is 0 Å². The maximum atomic E-state index is 12.8. The summed E-state index contributed by atoms with van der Waals surface area (Å²) in [5.41, 5.74) is 0.486. The molecule has 1 heterocycles. The standard InChI is InChI=1S/C20H25NO4/c22-17(23)14-11-19(12-14)10-7-16(25-19)13-21-18(24)20(8-4-9-20)15-5-2-1-3-6-15/h1-3,5-6,14,16H,4,7-13H2,(H,21,24)(H,22,23). The van der Waals surface area contributed by atoms with Gasteiger partial charge < -0.3 is 15.2 Å². The van der Waals surface area contributed by atoms with Crippen LogP contribution in [0.15, 0.2) is 30.3 Å². The first-order valence-electron chi connectivity index (χ1n) is 9.28. The van der Waals surface area contributed by atoms with Crippen LogP contribution in [0.5, 0.6) is 0 Å². The minimum atomic E-state index is -0.722. The van der Waals surface area contributed by atoms with Crippen molar-refractivity contribution < 1.29 is 19.4 Å². The van der Waals surface area contributed by atoms with E-state index in [0.717, 1.165) is 37.7 Å². The number of aliphatic carboxylic acids is 1. The molecular weight excluding hydrogens is 318 g/mol. The van der Waals surface area contributed by atoms with Gasteiger partial charge in [0.25, 0.3) is 0 Å². The summed E-state index contributed by atoms with van der Waals surface area (Å²) >= 11 is 0. The number of nitrogens with one attached hydrogen (secondary N) is 1. The number of carbonyl (C=O) groups excluding carboxylic acids is 1. The Bertz CT molecular complexity index is 662. The largest absolute Gasteiger partial charge is 0.481 e. The topological polar surface area (TPSA) is 75.6 Å². The lowest BCUT2D eigenvalue weighted by atomic mass is 9.64. The van der Waals surface area contributed by atoms with Gasteiger partial charge in [-0.3, -0.25) is 9.59 Å². The number of carboxylic acids is 1. The average Bonchev–Trinajstić information content (AvgIpc) is 2.96. The van der Waals surface area contributed by atoms with Gasteiger partial charge in [-0.2, -0.15) is 0 Å². The van der Waals surface area contributed by atoms with Crippen molar-refractivity contribution in [1.82, 2.24) is 5.32 Å². The molecule has 0 bridgehead atoms. The van der Waals surface area contributed by atoms with Crippen LogP contribution in [0.25, 0.3) is 0 Å². The fourth-order valence-electron chi connectivity index (χ4n) is 4.66. The van der Waals surface area contributed by atoms with Crippen LogP contribution in [0.1, 0.15) is 50.5 Å². The second kappa shape index (κ2) is 6.13. The molecule has 25 heavy (non-hydrogen) atoms. The first-order chi connectivity index (χ1) is 12.0. The normalized spacial score (nSPS) is 32.6. The highest BCUT2D eigenvalue weighted by Crippen LogP contribution is 2.49. The number of ether oxygens (including phenoxy) is 1. The Morgan fingerprint density at radius 1 is 1.16 bits per heavy atom. The minimum Gasteiger partial charge on any atom is -0.481 e. The van der Waals surface area contributed by atoms with Crippen LogP contribution in [0.3, 0.4) is 0 Å². The van der Waals surface area contributed by atoms with Crippen molar-refractivity contribution in [2.24, 2.45) is 5.92 Å². The van der Waals surface area contributed by atoms with E-state index in [1.807, 2.05) is 30.3 Å². The molecule has 0 radical (unpaired) electrons. The van der Waals surface area contributed by atoms with E-state index in [2.05, 4.69) is 5.32 Å². The van der Waals surface area contributed by atoms with E-state index in [4.69, 9.17) is 9.84 Å². The van der Waals surface area contributed by atoms with Gasteiger partial charge in [0.1, 0.15) is 0 Å². The number of benzene rings is 1. The molecule has 3 aliphatic rings. The van der Waals surface area contributed by atoms with E-state index >= 15 is 0 Å². The van der Waals surface area contributed by atoms with Crippen LogP contribution in [-0.2, 0) is 19.7 Å². The molecule has 1 unspecified atom stereocenters. The van der Waals surface area contributed by atoms with Crippen LogP contribution in [0, 0.1) is 5.92 Å². The van der Waals surface area contributed by atoms with Crippen LogP contribution < -0.4 is 5.32 Å². The molecule has 2 aliphatic carbocycles. The summed E-state index contributed by atoms with van der Waals surface area (Å²) in [5, 5.41) is 12.1. The highest BCUT2D eigenvalue weighted by molar-refractivity contribution is 5.89. The molecule has 134 valence electrons. The zero-order valence-electron chi connectivity index (χ0n) is 14.4. The summed E-state index contributed by atoms with van der Waals surface area (Å²) in [6.07, 6.45) is 5.92. The summed E-state index contributed by atoms with van der Waals surface area (Å²) < 4.78 is 6.11. The van der Waals surface area contributed by atoms with Gasteiger partial charge >= 0.3 is 5.97 Å². The van der Waals surface area contributed by atoms with Gasteiger partial charge in [-0.15, -0.1) is 0 Å². The van der Waals surface area contributed by atoms with Crippen molar-refractivity contribution in [3.05, 3.63) is 35.9 Å². The molecule has 1 amide bonds. The maximum absolute atomic E-state index is 12.8. The number of hydrogen-bond donors (Lipinski definition) is 2. The molecule has 1 aromatic carbocycles. The Balaban J connectivity index is 1.32. The summed E-state index contributed by atoms with van der Waals surface area (Å²) in [6, 6.07) is 10.0. The Kier molecular flexibility index (Phi) is 4.07. The van der Waals surface area contributed by atoms with Crippen molar-refractivity contribution in [2.45, 2.75) is 62.1 Å². The Hall–Kier alpha value is -1.88. The van der Waals surface area contributed by atoms with Crippen molar-refractivity contribution in [3.8, 4) is 0 Å². The summed E-state index contributed by atoms with van der Waals surface area (Å²) in [7, 11) is 0.